The van der Waals surface area contributed by atoms with Crippen LogP contribution in [0.3, 0.4) is 0 Å². The first-order valence-electron chi connectivity index (χ1n) is 5.41. The molecule has 0 spiro atoms. The molecule has 0 bridgehead atoms. The molecule has 5 heteroatoms. The summed E-state index contributed by atoms with van der Waals surface area (Å²) in [6.07, 6.45) is 0.948. The Hall–Kier alpha value is -0.130. The topological polar surface area (TPSA) is 41.5 Å². The van der Waals surface area contributed by atoms with Crippen molar-refractivity contribution < 1.29 is 9.84 Å². The molecule has 0 radical (unpaired) electrons. The van der Waals surface area contributed by atoms with Gasteiger partial charge in [0.25, 0.3) is 0 Å². The first kappa shape index (κ1) is 13.9. The Morgan fingerprint density at radius 2 is 2.31 bits per heavy atom. The number of nitrogens with one attached hydrogen (secondary N) is 1. The van der Waals surface area contributed by atoms with Gasteiger partial charge in [0.1, 0.15) is 0 Å². The predicted octanol–water partition coefficient (Wildman–Crippen LogP) is 2.45. The van der Waals surface area contributed by atoms with Gasteiger partial charge in [-0.1, -0.05) is 11.6 Å². The van der Waals surface area contributed by atoms with E-state index in [1.807, 2.05) is 12.1 Å². The van der Waals surface area contributed by atoms with E-state index in [9.17, 15) is 0 Å². The van der Waals surface area contributed by atoms with E-state index in [2.05, 4.69) is 12.2 Å². The van der Waals surface area contributed by atoms with E-state index in [1.165, 1.54) is 4.88 Å². The first-order chi connectivity index (χ1) is 7.74. The van der Waals surface area contributed by atoms with Gasteiger partial charge in [-0.05, 0) is 32.0 Å². The van der Waals surface area contributed by atoms with Crippen LogP contribution in [0.1, 0.15) is 24.3 Å². The van der Waals surface area contributed by atoms with Gasteiger partial charge in [0.2, 0.25) is 0 Å². The minimum Gasteiger partial charge on any atom is -0.394 e. The number of aliphatic hydroxyl groups excluding tert-OH is 1. The summed E-state index contributed by atoms with van der Waals surface area (Å²) in [6.45, 7) is 4.23. The molecule has 0 saturated heterocycles. The molecule has 16 heavy (non-hydrogen) atoms. The smallest absolute Gasteiger partial charge is 0.0931 e. The van der Waals surface area contributed by atoms with Gasteiger partial charge in [0.15, 0.2) is 0 Å². The molecule has 0 fully saturated rings. The molecule has 0 saturated carbocycles. The molecule has 1 heterocycles. The number of aliphatic hydroxyl groups is 1. The highest BCUT2D eigenvalue weighted by Gasteiger charge is 2.06. The van der Waals surface area contributed by atoms with Crippen molar-refractivity contribution in [1.29, 1.82) is 0 Å². The van der Waals surface area contributed by atoms with Crippen LogP contribution in [0, 0.1) is 0 Å². The van der Waals surface area contributed by atoms with Gasteiger partial charge in [0.05, 0.1) is 17.6 Å². The van der Waals surface area contributed by atoms with E-state index in [1.54, 1.807) is 11.3 Å². The molecule has 1 aromatic rings. The highest BCUT2D eigenvalue weighted by molar-refractivity contribution is 7.16. The molecule has 0 aliphatic carbocycles. The van der Waals surface area contributed by atoms with Crippen LogP contribution >= 0.6 is 22.9 Å². The van der Waals surface area contributed by atoms with E-state index >= 15 is 0 Å². The van der Waals surface area contributed by atoms with Crippen molar-refractivity contribution in [2.24, 2.45) is 0 Å². The Morgan fingerprint density at radius 1 is 1.50 bits per heavy atom. The molecule has 1 atom stereocenters. The summed E-state index contributed by atoms with van der Waals surface area (Å²) in [4.78, 5) is 1.25. The van der Waals surface area contributed by atoms with E-state index in [0.29, 0.717) is 19.3 Å². The molecule has 0 aromatic carbocycles. The largest absolute Gasteiger partial charge is 0.394 e. The van der Waals surface area contributed by atoms with Gasteiger partial charge in [-0.3, -0.25) is 0 Å². The van der Waals surface area contributed by atoms with Crippen molar-refractivity contribution >= 4 is 22.9 Å². The zero-order valence-corrected chi connectivity index (χ0v) is 11.0. The third-order valence-electron chi connectivity index (χ3n) is 2.17. The molecule has 3 nitrogen and oxygen atoms in total. The molecule has 2 N–H and O–H groups in total. The monoisotopic (exact) mass is 263 g/mol. The maximum Gasteiger partial charge on any atom is 0.0931 e. The highest BCUT2D eigenvalue weighted by atomic mass is 35.5. The fraction of sp³-hybridized carbons (Fsp3) is 0.636. The van der Waals surface area contributed by atoms with Crippen molar-refractivity contribution in [2.45, 2.75) is 19.4 Å². The van der Waals surface area contributed by atoms with E-state index < -0.39 is 0 Å². The molecule has 1 rings (SSSR count). The number of ether oxygens (including phenoxy) is 1. The van der Waals surface area contributed by atoms with Crippen molar-refractivity contribution in [2.75, 3.05) is 26.4 Å². The van der Waals surface area contributed by atoms with Crippen molar-refractivity contribution in [1.82, 2.24) is 5.32 Å². The average molecular weight is 264 g/mol. The van der Waals surface area contributed by atoms with E-state index in [0.717, 1.165) is 17.3 Å². The van der Waals surface area contributed by atoms with Crippen molar-refractivity contribution in [3.8, 4) is 0 Å². The van der Waals surface area contributed by atoms with Gasteiger partial charge in [-0.2, -0.15) is 0 Å². The third-order valence-corrected chi connectivity index (χ3v) is 3.59. The number of rotatable bonds is 8. The summed E-state index contributed by atoms with van der Waals surface area (Å²) in [5.41, 5.74) is 0. The molecular formula is C11H18ClNO2S. The fourth-order valence-electron chi connectivity index (χ4n) is 1.32. The van der Waals surface area contributed by atoms with Crippen LogP contribution < -0.4 is 5.32 Å². The Kier molecular flexibility index (Phi) is 7.00. The Bertz CT molecular complexity index is 293. The van der Waals surface area contributed by atoms with Gasteiger partial charge in [-0.25, -0.2) is 0 Å². The lowest BCUT2D eigenvalue weighted by Gasteiger charge is -2.11. The second kappa shape index (κ2) is 8.03. The molecule has 1 aromatic heterocycles. The SMILES string of the molecule is CC(NCCCOCCO)c1ccc(Cl)s1. The lowest BCUT2D eigenvalue weighted by atomic mass is 10.2. The summed E-state index contributed by atoms with van der Waals surface area (Å²) < 4.78 is 5.99. The lowest BCUT2D eigenvalue weighted by molar-refractivity contribution is 0.0905. The van der Waals surface area contributed by atoms with E-state index in [-0.39, 0.29) is 6.61 Å². The van der Waals surface area contributed by atoms with Crippen LogP contribution in [0.2, 0.25) is 4.34 Å². The van der Waals surface area contributed by atoms with Crippen molar-refractivity contribution in [3.63, 3.8) is 0 Å². The lowest BCUT2D eigenvalue weighted by Crippen LogP contribution is -2.20. The van der Waals surface area contributed by atoms with Gasteiger partial charge >= 0.3 is 0 Å². The predicted molar refractivity (Wildman–Crippen MR) is 68.3 cm³/mol. The molecule has 1 unspecified atom stereocenters. The minimum absolute atomic E-state index is 0.0948. The second-order valence-corrected chi connectivity index (χ2v) is 5.25. The number of halogens is 1. The number of hydrogen-bond donors (Lipinski definition) is 2. The zero-order chi connectivity index (χ0) is 11.8. The molecule has 92 valence electrons. The van der Waals surface area contributed by atoms with Gasteiger partial charge < -0.3 is 15.2 Å². The minimum atomic E-state index is 0.0948. The standard InChI is InChI=1S/C11H18ClNO2S/c1-9(10-3-4-11(12)16-10)13-5-2-7-15-8-6-14/h3-4,9,13-14H,2,5-8H2,1H3. The van der Waals surface area contributed by atoms with E-state index in [4.69, 9.17) is 21.4 Å². The van der Waals surface area contributed by atoms with Crippen LogP contribution in [0.5, 0.6) is 0 Å². The maximum absolute atomic E-state index is 8.51. The third kappa shape index (κ3) is 5.27. The fourth-order valence-corrected chi connectivity index (χ4v) is 2.41. The molecule has 0 aliphatic heterocycles. The van der Waals surface area contributed by atoms with Crippen LogP contribution in [0.4, 0.5) is 0 Å². The average Bonchev–Trinajstić information content (AvgIpc) is 2.70. The van der Waals surface area contributed by atoms with Crippen LogP contribution in [-0.4, -0.2) is 31.5 Å². The Morgan fingerprint density at radius 3 is 2.94 bits per heavy atom. The summed E-state index contributed by atoms with van der Waals surface area (Å²) in [7, 11) is 0. The summed E-state index contributed by atoms with van der Waals surface area (Å²) in [6, 6.07) is 4.30. The summed E-state index contributed by atoms with van der Waals surface area (Å²) in [5, 5.41) is 11.9. The summed E-state index contributed by atoms with van der Waals surface area (Å²) in [5.74, 6) is 0. The quantitative estimate of drug-likeness (QED) is 0.708. The van der Waals surface area contributed by atoms with Gasteiger partial charge in [-0.15, -0.1) is 11.3 Å². The Labute approximate surface area is 105 Å². The zero-order valence-electron chi connectivity index (χ0n) is 9.41. The van der Waals surface area contributed by atoms with Gasteiger partial charge in [0, 0.05) is 17.5 Å². The molecule has 0 aliphatic rings. The summed E-state index contributed by atoms with van der Waals surface area (Å²) >= 11 is 7.48. The maximum atomic E-state index is 8.51. The Balaban J connectivity index is 2.09. The molecule has 0 amide bonds. The van der Waals surface area contributed by atoms with Crippen LogP contribution in [0.25, 0.3) is 0 Å². The number of hydrogen-bond acceptors (Lipinski definition) is 4. The first-order valence-corrected chi connectivity index (χ1v) is 6.60. The van der Waals surface area contributed by atoms with Crippen LogP contribution in [0.15, 0.2) is 12.1 Å². The second-order valence-electron chi connectivity index (χ2n) is 3.51. The number of thiophene rings is 1. The van der Waals surface area contributed by atoms with Crippen molar-refractivity contribution in [3.05, 3.63) is 21.3 Å². The normalized spacial score (nSPS) is 12.9. The highest BCUT2D eigenvalue weighted by Crippen LogP contribution is 2.26. The van der Waals surface area contributed by atoms with Crippen LogP contribution in [-0.2, 0) is 4.74 Å². The molecular weight excluding hydrogens is 246 g/mol.